The number of rotatable bonds is 5. The number of aryl methyl sites for hydroxylation is 2. The van der Waals surface area contributed by atoms with Crippen LogP contribution < -0.4 is 5.32 Å². The number of nitrogens with one attached hydrogen (secondary N) is 1. The predicted molar refractivity (Wildman–Crippen MR) is 97.1 cm³/mol. The number of hydrogen-bond donors (Lipinski definition) is 1. The van der Waals surface area contributed by atoms with E-state index < -0.39 is 0 Å². The zero-order valence-corrected chi connectivity index (χ0v) is 14.6. The molecule has 0 aliphatic carbocycles. The second-order valence-corrected chi connectivity index (χ2v) is 6.52. The third-order valence-corrected chi connectivity index (χ3v) is 3.97. The van der Waals surface area contributed by atoms with Gasteiger partial charge in [-0.3, -0.25) is 0 Å². The predicted octanol–water partition coefficient (Wildman–Crippen LogP) is 5.09. The maximum absolute atomic E-state index is 5.36. The molecule has 0 bridgehead atoms. The molecule has 0 atom stereocenters. The third kappa shape index (κ3) is 3.82. The van der Waals surface area contributed by atoms with E-state index in [4.69, 9.17) is 4.52 Å². The highest BCUT2D eigenvalue weighted by Gasteiger charge is 2.09. The van der Waals surface area contributed by atoms with Gasteiger partial charge in [0.15, 0.2) is 0 Å². The average Bonchev–Trinajstić information content (AvgIpc) is 3.01. The van der Waals surface area contributed by atoms with Crippen LogP contribution in [0.15, 0.2) is 47.0 Å². The molecule has 1 aromatic heterocycles. The molecule has 1 N–H and O–H groups in total. The molecule has 0 aliphatic heterocycles. The average molecular weight is 321 g/mol. The lowest BCUT2D eigenvalue weighted by Crippen LogP contribution is -2.00. The molecule has 4 nitrogen and oxygen atoms in total. The number of benzene rings is 2. The van der Waals surface area contributed by atoms with Crippen LogP contribution in [0.25, 0.3) is 11.4 Å². The molecule has 0 saturated carbocycles. The third-order valence-electron chi connectivity index (χ3n) is 3.97. The molecule has 0 spiro atoms. The molecular formula is C20H23N3O. The summed E-state index contributed by atoms with van der Waals surface area (Å²) in [5.41, 5.74) is 5.80. The lowest BCUT2D eigenvalue weighted by Gasteiger charge is -2.06. The summed E-state index contributed by atoms with van der Waals surface area (Å²) in [5.74, 6) is 1.72. The van der Waals surface area contributed by atoms with Crippen LogP contribution in [-0.4, -0.2) is 10.1 Å². The first kappa shape index (κ1) is 16.2. The minimum Gasteiger partial charge on any atom is -0.376 e. The number of aromatic nitrogens is 2. The van der Waals surface area contributed by atoms with Crippen molar-refractivity contribution in [1.82, 2.24) is 10.1 Å². The monoisotopic (exact) mass is 321 g/mol. The van der Waals surface area contributed by atoms with Crippen LogP contribution in [0, 0.1) is 13.8 Å². The van der Waals surface area contributed by atoms with Crippen LogP contribution in [0.1, 0.15) is 42.3 Å². The van der Waals surface area contributed by atoms with Gasteiger partial charge in [-0.15, -0.1) is 0 Å². The van der Waals surface area contributed by atoms with Crippen molar-refractivity contribution in [2.75, 3.05) is 5.32 Å². The molecule has 0 fully saturated rings. The zero-order valence-electron chi connectivity index (χ0n) is 14.6. The Morgan fingerprint density at radius 1 is 1.00 bits per heavy atom. The maximum Gasteiger partial charge on any atom is 0.246 e. The molecule has 2 aromatic carbocycles. The largest absolute Gasteiger partial charge is 0.376 e. The van der Waals surface area contributed by atoms with Crippen molar-refractivity contribution in [2.24, 2.45) is 0 Å². The van der Waals surface area contributed by atoms with Crippen LogP contribution >= 0.6 is 0 Å². The summed E-state index contributed by atoms with van der Waals surface area (Å²) in [6.07, 6.45) is 0. The van der Waals surface area contributed by atoms with E-state index in [0.29, 0.717) is 24.2 Å². The number of nitrogens with zero attached hydrogens (tertiary/aromatic N) is 2. The first-order chi connectivity index (χ1) is 11.5. The summed E-state index contributed by atoms with van der Waals surface area (Å²) in [6, 6.07) is 14.7. The van der Waals surface area contributed by atoms with E-state index in [1.165, 1.54) is 16.7 Å². The van der Waals surface area contributed by atoms with Crippen molar-refractivity contribution in [3.63, 3.8) is 0 Å². The Balaban J connectivity index is 1.69. The highest BCUT2D eigenvalue weighted by atomic mass is 16.5. The molecule has 3 aromatic rings. The van der Waals surface area contributed by atoms with Crippen LogP contribution in [0.5, 0.6) is 0 Å². The van der Waals surface area contributed by atoms with Crippen LogP contribution in [0.4, 0.5) is 5.69 Å². The lowest BCUT2D eigenvalue weighted by atomic mass is 10.0. The van der Waals surface area contributed by atoms with E-state index in [2.05, 4.69) is 73.5 Å². The molecule has 0 radical (unpaired) electrons. The highest BCUT2D eigenvalue weighted by molar-refractivity contribution is 5.55. The molecule has 0 aliphatic rings. The first-order valence-corrected chi connectivity index (χ1v) is 8.26. The van der Waals surface area contributed by atoms with Crippen molar-refractivity contribution >= 4 is 5.69 Å². The minimum absolute atomic E-state index is 0.514. The van der Waals surface area contributed by atoms with Gasteiger partial charge in [-0.05, 0) is 48.6 Å². The Hall–Kier alpha value is -2.62. The smallest absolute Gasteiger partial charge is 0.246 e. The van der Waals surface area contributed by atoms with Crippen LogP contribution in [0.3, 0.4) is 0 Å². The molecule has 4 heteroatoms. The summed E-state index contributed by atoms with van der Waals surface area (Å²) < 4.78 is 5.36. The second kappa shape index (κ2) is 6.87. The van der Waals surface area contributed by atoms with Gasteiger partial charge in [0.05, 0.1) is 6.54 Å². The van der Waals surface area contributed by atoms with Gasteiger partial charge >= 0.3 is 0 Å². The Bertz CT molecular complexity index is 799. The standard InChI is InChI=1S/C20H23N3O/c1-13(2)16-5-7-17(8-6-16)20-22-19(24-23-20)12-21-18-10-14(3)9-15(4)11-18/h5-11,13,21H,12H2,1-4H3. The Morgan fingerprint density at radius 3 is 2.29 bits per heavy atom. The van der Waals surface area contributed by atoms with Crippen LogP contribution in [-0.2, 0) is 6.54 Å². The second-order valence-electron chi connectivity index (χ2n) is 6.52. The Labute approximate surface area is 142 Å². The van der Waals surface area contributed by atoms with E-state index in [1.54, 1.807) is 0 Å². The number of hydrogen-bond acceptors (Lipinski definition) is 4. The molecule has 0 saturated heterocycles. The van der Waals surface area contributed by atoms with Gasteiger partial charge in [-0.2, -0.15) is 4.98 Å². The van der Waals surface area contributed by atoms with Gasteiger partial charge < -0.3 is 9.84 Å². The summed E-state index contributed by atoms with van der Waals surface area (Å²) >= 11 is 0. The van der Waals surface area contributed by atoms with Crippen molar-refractivity contribution < 1.29 is 4.52 Å². The number of anilines is 1. The van der Waals surface area contributed by atoms with E-state index >= 15 is 0 Å². The Morgan fingerprint density at radius 2 is 1.67 bits per heavy atom. The fraction of sp³-hybridized carbons (Fsp3) is 0.300. The molecule has 3 rings (SSSR count). The van der Waals surface area contributed by atoms with Gasteiger partial charge in [0.25, 0.3) is 0 Å². The van der Waals surface area contributed by atoms with Crippen molar-refractivity contribution in [3.8, 4) is 11.4 Å². The fourth-order valence-corrected chi connectivity index (χ4v) is 2.72. The van der Waals surface area contributed by atoms with Gasteiger partial charge in [0.1, 0.15) is 0 Å². The SMILES string of the molecule is Cc1cc(C)cc(NCc2nc(-c3ccc(C(C)C)cc3)no2)c1. The van der Waals surface area contributed by atoms with E-state index in [1.807, 2.05) is 12.1 Å². The van der Waals surface area contributed by atoms with E-state index in [9.17, 15) is 0 Å². The van der Waals surface area contributed by atoms with Gasteiger partial charge in [-0.25, -0.2) is 0 Å². The zero-order chi connectivity index (χ0) is 17.1. The molecule has 1 heterocycles. The lowest BCUT2D eigenvalue weighted by molar-refractivity contribution is 0.384. The van der Waals surface area contributed by atoms with Gasteiger partial charge in [0, 0.05) is 11.3 Å². The molecule has 0 unspecified atom stereocenters. The molecule has 0 amide bonds. The van der Waals surface area contributed by atoms with Crippen molar-refractivity contribution in [2.45, 2.75) is 40.2 Å². The first-order valence-electron chi connectivity index (χ1n) is 8.26. The topological polar surface area (TPSA) is 51.0 Å². The van der Waals surface area contributed by atoms with Gasteiger partial charge in [-0.1, -0.05) is 49.3 Å². The maximum atomic E-state index is 5.36. The highest BCUT2D eigenvalue weighted by Crippen LogP contribution is 2.21. The van der Waals surface area contributed by atoms with Crippen LogP contribution in [0.2, 0.25) is 0 Å². The van der Waals surface area contributed by atoms with E-state index in [0.717, 1.165) is 11.3 Å². The summed E-state index contributed by atoms with van der Waals surface area (Å²) in [7, 11) is 0. The summed E-state index contributed by atoms with van der Waals surface area (Å²) in [5, 5.41) is 7.42. The minimum atomic E-state index is 0.514. The molecule has 124 valence electrons. The molecule has 24 heavy (non-hydrogen) atoms. The van der Waals surface area contributed by atoms with E-state index in [-0.39, 0.29) is 0 Å². The molecular weight excluding hydrogens is 298 g/mol. The quantitative estimate of drug-likeness (QED) is 0.711. The normalized spacial score (nSPS) is 11.0. The summed E-state index contributed by atoms with van der Waals surface area (Å²) in [6.45, 7) is 9.05. The fourth-order valence-electron chi connectivity index (χ4n) is 2.72. The summed E-state index contributed by atoms with van der Waals surface area (Å²) in [4.78, 5) is 4.47. The van der Waals surface area contributed by atoms with Crippen molar-refractivity contribution in [3.05, 3.63) is 65.0 Å². The van der Waals surface area contributed by atoms with Crippen molar-refractivity contribution in [1.29, 1.82) is 0 Å². The Kier molecular flexibility index (Phi) is 4.65. The van der Waals surface area contributed by atoms with Gasteiger partial charge in [0.2, 0.25) is 11.7 Å².